The zero-order valence-corrected chi connectivity index (χ0v) is 18.7. The lowest BCUT2D eigenvalue weighted by atomic mass is 9.67. The maximum absolute atomic E-state index is 13.6. The van der Waals surface area contributed by atoms with Crippen molar-refractivity contribution in [2.45, 2.75) is 70.4 Å². The molecule has 5 heteroatoms. The monoisotopic (exact) mass is 412 g/mol. The molecule has 3 aliphatic rings. The summed E-state index contributed by atoms with van der Waals surface area (Å²) in [6.45, 7) is 7.15. The summed E-state index contributed by atoms with van der Waals surface area (Å²) in [5.74, 6) is 1.41. The Hall–Kier alpha value is -1.88. The summed E-state index contributed by atoms with van der Waals surface area (Å²) in [6.07, 6.45) is 6.91. The number of hydrogen-bond donors (Lipinski definition) is 0. The Morgan fingerprint density at radius 1 is 1.13 bits per heavy atom. The summed E-state index contributed by atoms with van der Waals surface area (Å²) >= 11 is 0. The highest BCUT2D eigenvalue weighted by Crippen LogP contribution is 2.44. The number of piperidine rings is 1. The quantitative estimate of drug-likeness (QED) is 0.707. The highest BCUT2D eigenvalue weighted by atomic mass is 16.5. The number of amides is 1. The van der Waals surface area contributed by atoms with Gasteiger partial charge in [-0.1, -0.05) is 38.1 Å². The number of benzene rings is 1. The minimum atomic E-state index is -0.492. The zero-order valence-electron chi connectivity index (χ0n) is 18.7. The van der Waals surface area contributed by atoms with Crippen LogP contribution in [0.1, 0.15) is 63.5 Å². The van der Waals surface area contributed by atoms with Gasteiger partial charge in [0.2, 0.25) is 5.91 Å². The predicted octanol–water partition coefficient (Wildman–Crippen LogP) is 3.75. The molecule has 1 saturated carbocycles. The van der Waals surface area contributed by atoms with Crippen molar-refractivity contribution in [3.8, 4) is 0 Å². The van der Waals surface area contributed by atoms with Crippen LogP contribution >= 0.6 is 0 Å². The van der Waals surface area contributed by atoms with Crippen LogP contribution in [0.15, 0.2) is 24.3 Å². The fourth-order valence-corrected chi connectivity index (χ4v) is 6.06. The van der Waals surface area contributed by atoms with Crippen molar-refractivity contribution >= 4 is 11.9 Å². The number of rotatable bonds is 4. The lowest BCUT2D eigenvalue weighted by molar-refractivity contribution is -0.152. The lowest BCUT2D eigenvalue weighted by Crippen LogP contribution is -2.58. The number of ether oxygens (including phenoxy) is 1. The van der Waals surface area contributed by atoms with Gasteiger partial charge in [-0.15, -0.1) is 0 Å². The minimum Gasteiger partial charge on any atom is -0.468 e. The number of nitrogens with zero attached hydrogens (tertiary/aromatic N) is 2. The van der Waals surface area contributed by atoms with Crippen molar-refractivity contribution in [3.63, 3.8) is 0 Å². The number of hydrogen-bond acceptors (Lipinski definition) is 4. The second kappa shape index (κ2) is 8.70. The molecule has 1 aromatic rings. The number of methoxy groups -OCH3 is 1. The van der Waals surface area contributed by atoms with Crippen LogP contribution in [0.4, 0.5) is 0 Å². The molecule has 1 amide bonds. The van der Waals surface area contributed by atoms with Crippen LogP contribution < -0.4 is 0 Å². The predicted molar refractivity (Wildman–Crippen MR) is 117 cm³/mol. The first-order chi connectivity index (χ1) is 14.4. The molecule has 30 heavy (non-hydrogen) atoms. The number of carbonyl (C=O) groups excluding carboxylic acids is 2. The number of esters is 1. The van der Waals surface area contributed by atoms with Gasteiger partial charge in [0.1, 0.15) is 6.54 Å². The van der Waals surface area contributed by atoms with E-state index in [1.165, 1.54) is 43.9 Å². The fraction of sp³-hybridized carbons (Fsp3) is 0.680. The zero-order chi connectivity index (χ0) is 21.3. The van der Waals surface area contributed by atoms with E-state index in [4.69, 9.17) is 4.74 Å². The SMILES string of the molecule is COC(=O)CN1Cc2ccccc2C2(CCN([C@H]3CC[C@@H](C(C)C)CC3)CC2)C1=O. The Morgan fingerprint density at radius 2 is 1.80 bits per heavy atom. The highest BCUT2D eigenvalue weighted by Gasteiger charge is 2.49. The van der Waals surface area contributed by atoms with Gasteiger partial charge >= 0.3 is 5.97 Å². The van der Waals surface area contributed by atoms with Gasteiger partial charge in [0.25, 0.3) is 0 Å². The van der Waals surface area contributed by atoms with Crippen molar-refractivity contribution in [1.82, 2.24) is 9.80 Å². The average molecular weight is 413 g/mol. The van der Waals surface area contributed by atoms with Crippen molar-refractivity contribution in [2.24, 2.45) is 11.8 Å². The van der Waals surface area contributed by atoms with E-state index >= 15 is 0 Å². The van der Waals surface area contributed by atoms with Gasteiger partial charge in [-0.3, -0.25) is 9.59 Å². The molecule has 1 spiro atoms. The van der Waals surface area contributed by atoms with Gasteiger partial charge in [-0.25, -0.2) is 0 Å². The Morgan fingerprint density at radius 3 is 2.43 bits per heavy atom. The Bertz CT molecular complexity index is 774. The van der Waals surface area contributed by atoms with E-state index in [2.05, 4.69) is 30.9 Å². The molecule has 0 aromatic heterocycles. The van der Waals surface area contributed by atoms with Crippen molar-refractivity contribution < 1.29 is 14.3 Å². The van der Waals surface area contributed by atoms with Crippen molar-refractivity contribution in [1.29, 1.82) is 0 Å². The minimum absolute atomic E-state index is 0.0361. The largest absolute Gasteiger partial charge is 0.468 e. The van der Waals surface area contributed by atoms with E-state index in [1.807, 2.05) is 12.1 Å². The van der Waals surface area contributed by atoms with Gasteiger partial charge in [-0.05, 0) is 74.6 Å². The average Bonchev–Trinajstić information content (AvgIpc) is 2.78. The summed E-state index contributed by atoms with van der Waals surface area (Å²) in [5, 5.41) is 0. The highest BCUT2D eigenvalue weighted by molar-refractivity contribution is 5.92. The van der Waals surface area contributed by atoms with Crippen LogP contribution in [0.5, 0.6) is 0 Å². The van der Waals surface area contributed by atoms with Crippen LogP contribution in [0.25, 0.3) is 0 Å². The molecule has 0 radical (unpaired) electrons. The second-order valence-corrected chi connectivity index (χ2v) is 9.83. The summed E-state index contributed by atoms with van der Waals surface area (Å²) in [5.41, 5.74) is 1.86. The molecule has 2 fully saturated rings. The first-order valence-corrected chi connectivity index (χ1v) is 11.6. The van der Waals surface area contributed by atoms with Crippen LogP contribution in [-0.2, 0) is 26.3 Å². The molecule has 5 nitrogen and oxygen atoms in total. The first kappa shape index (κ1) is 21.4. The van der Waals surface area contributed by atoms with Gasteiger partial charge in [0.15, 0.2) is 0 Å². The topological polar surface area (TPSA) is 49.9 Å². The Labute approximate surface area is 180 Å². The molecule has 2 aliphatic heterocycles. The third-order valence-corrected chi connectivity index (χ3v) is 7.99. The van der Waals surface area contributed by atoms with Crippen molar-refractivity contribution in [2.75, 3.05) is 26.7 Å². The molecule has 0 bridgehead atoms. The van der Waals surface area contributed by atoms with Gasteiger partial charge < -0.3 is 14.5 Å². The normalized spacial score (nSPS) is 26.7. The van der Waals surface area contributed by atoms with Crippen LogP contribution in [0, 0.1) is 11.8 Å². The summed E-state index contributed by atoms with van der Waals surface area (Å²) in [7, 11) is 1.38. The maximum atomic E-state index is 13.6. The molecule has 0 N–H and O–H groups in total. The molecule has 0 atom stereocenters. The molecule has 2 heterocycles. The van der Waals surface area contributed by atoms with E-state index in [9.17, 15) is 9.59 Å². The van der Waals surface area contributed by atoms with E-state index in [-0.39, 0.29) is 18.4 Å². The van der Waals surface area contributed by atoms with Gasteiger partial charge in [0.05, 0.1) is 12.5 Å². The van der Waals surface area contributed by atoms with Gasteiger partial charge in [0, 0.05) is 12.6 Å². The van der Waals surface area contributed by atoms with Gasteiger partial charge in [-0.2, -0.15) is 0 Å². The summed E-state index contributed by atoms with van der Waals surface area (Å²) < 4.78 is 4.85. The molecule has 4 rings (SSSR count). The van der Waals surface area contributed by atoms with E-state index in [0.29, 0.717) is 12.6 Å². The molecular formula is C25H36N2O3. The third-order valence-electron chi connectivity index (χ3n) is 7.99. The Kier molecular flexibility index (Phi) is 6.19. The molecule has 1 aliphatic carbocycles. The standard InChI is InChI=1S/C25H36N2O3/c1-18(2)19-8-10-21(11-9-19)26-14-12-25(13-15-26)22-7-5-4-6-20(22)16-27(24(25)29)17-23(28)30-3/h4-7,18-19,21H,8-17H2,1-3H3/t19-,21+. The lowest BCUT2D eigenvalue weighted by Gasteiger charge is -2.49. The van der Waals surface area contributed by atoms with E-state index < -0.39 is 5.41 Å². The molecule has 1 saturated heterocycles. The van der Waals surface area contributed by atoms with Crippen molar-refractivity contribution in [3.05, 3.63) is 35.4 Å². The molecule has 1 aromatic carbocycles. The summed E-state index contributed by atoms with van der Waals surface area (Å²) in [4.78, 5) is 29.9. The maximum Gasteiger partial charge on any atom is 0.325 e. The molecular weight excluding hydrogens is 376 g/mol. The molecule has 0 unspecified atom stereocenters. The fourth-order valence-electron chi connectivity index (χ4n) is 6.06. The van der Waals surface area contributed by atoms with E-state index in [0.717, 1.165) is 37.8 Å². The second-order valence-electron chi connectivity index (χ2n) is 9.83. The number of fused-ring (bicyclic) bond motifs is 2. The number of likely N-dealkylation sites (tertiary alicyclic amines) is 1. The number of carbonyl (C=O) groups is 2. The van der Waals surface area contributed by atoms with Crippen LogP contribution in [-0.4, -0.2) is 54.5 Å². The van der Waals surface area contributed by atoms with Crippen LogP contribution in [0.3, 0.4) is 0 Å². The molecule has 164 valence electrons. The Balaban J connectivity index is 1.50. The van der Waals surface area contributed by atoms with Crippen LogP contribution in [0.2, 0.25) is 0 Å². The smallest absolute Gasteiger partial charge is 0.325 e. The van der Waals surface area contributed by atoms with E-state index in [1.54, 1.807) is 4.90 Å². The first-order valence-electron chi connectivity index (χ1n) is 11.6. The third kappa shape index (κ3) is 3.89. The summed E-state index contributed by atoms with van der Waals surface area (Å²) in [6, 6.07) is 8.97.